The number of nitrogens with one attached hydrogen (secondary N) is 1. The van der Waals surface area contributed by atoms with Crippen molar-refractivity contribution < 1.29 is 28.5 Å². The SMILES string of the molecule is COCC1CN(C(=O)OC(C)(C)C)CC(OCc2ccc3ccccc3c2)C1c1ccc(COC(=O)NCCc2ccccc2)cc1. The molecule has 1 heterocycles. The number of hydrogen-bond acceptors (Lipinski definition) is 6. The number of ether oxygens (including phenoxy) is 4. The molecule has 1 N–H and O–H groups in total. The summed E-state index contributed by atoms with van der Waals surface area (Å²) in [5.74, 6) is -0.0642. The van der Waals surface area contributed by atoms with Gasteiger partial charge in [-0.3, -0.25) is 0 Å². The Balaban J connectivity index is 1.28. The zero-order chi connectivity index (χ0) is 33.2. The molecule has 1 aliphatic rings. The van der Waals surface area contributed by atoms with E-state index in [-0.39, 0.29) is 30.6 Å². The second kappa shape index (κ2) is 15.9. The van der Waals surface area contributed by atoms with Gasteiger partial charge in [0.1, 0.15) is 12.2 Å². The molecule has 0 aromatic heterocycles. The summed E-state index contributed by atoms with van der Waals surface area (Å²) >= 11 is 0. The number of alkyl carbamates (subject to hydrolysis) is 1. The summed E-state index contributed by atoms with van der Waals surface area (Å²) in [4.78, 5) is 27.3. The van der Waals surface area contributed by atoms with E-state index in [9.17, 15) is 9.59 Å². The van der Waals surface area contributed by atoms with Gasteiger partial charge < -0.3 is 29.2 Å². The molecule has 0 spiro atoms. The van der Waals surface area contributed by atoms with Gasteiger partial charge >= 0.3 is 12.2 Å². The van der Waals surface area contributed by atoms with E-state index in [0.29, 0.717) is 32.8 Å². The molecule has 1 aliphatic heterocycles. The number of piperidine rings is 1. The minimum atomic E-state index is -0.608. The first-order valence-corrected chi connectivity index (χ1v) is 16.3. The summed E-state index contributed by atoms with van der Waals surface area (Å²) in [7, 11) is 1.68. The quantitative estimate of drug-likeness (QED) is 0.183. The van der Waals surface area contributed by atoms with Gasteiger partial charge in [0.2, 0.25) is 0 Å². The Morgan fingerprint density at radius 2 is 1.51 bits per heavy atom. The Morgan fingerprint density at radius 1 is 0.809 bits per heavy atom. The van der Waals surface area contributed by atoms with E-state index in [1.807, 2.05) is 75.4 Å². The molecule has 8 nitrogen and oxygen atoms in total. The van der Waals surface area contributed by atoms with Crippen molar-refractivity contribution in [3.63, 3.8) is 0 Å². The first-order chi connectivity index (χ1) is 22.7. The molecule has 1 saturated heterocycles. The predicted molar refractivity (Wildman–Crippen MR) is 183 cm³/mol. The lowest BCUT2D eigenvalue weighted by molar-refractivity contribution is -0.0629. The van der Waals surface area contributed by atoms with E-state index in [1.54, 1.807) is 12.0 Å². The Labute approximate surface area is 278 Å². The normalized spacial score (nSPS) is 18.1. The highest BCUT2D eigenvalue weighted by Gasteiger charge is 2.41. The van der Waals surface area contributed by atoms with Gasteiger partial charge in [-0.15, -0.1) is 0 Å². The molecule has 4 aromatic carbocycles. The van der Waals surface area contributed by atoms with Crippen molar-refractivity contribution in [2.45, 2.75) is 58.0 Å². The van der Waals surface area contributed by atoms with E-state index in [1.165, 1.54) is 5.39 Å². The zero-order valence-corrected chi connectivity index (χ0v) is 27.8. The maximum Gasteiger partial charge on any atom is 0.410 e. The van der Waals surface area contributed by atoms with Crippen LogP contribution in [-0.2, 0) is 38.6 Å². The van der Waals surface area contributed by atoms with Crippen LogP contribution in [0.1, 0.15) is 48.9 Å². The number of nitrogens with zero attached hydrogens (tertiary/aromatic N) is 1. The number of rotatable bonds is 11. The third-order valence-electron chi connectivity index (χ3n) is 8.33. The molecule has 2 amide bonds. The van der Waals surface area contributed by atoms with Crippen molar-refractivity contribution in [3.05, 3.63) is 119 Å². The Bertz CT molecular complexity index is 1600. The van der Waals surface area contributed by atoms with E-state index in [2.05, 4.69) is 47.8 Å². The maximum atomic E-state index is 13.2. The molecule has 0 aliphatic carbocycles. The van der Waals surface area contributed by atoms with Crippen LogP contribution < -0.4 is 5.32 Å². The van der Waals surface area contributed by atoms with Gasteiger partial charge in [-0.05, 0) is 66.3 Å². The topological polar surface area (TPSA) is 86.3 Å². The van der Waals surface area contributed by atoms with Crippen LogP contribution in [0.15, 0.2) is 97.1 Å². The number of carbonyl (C=O) groups excluding carboxylic acids is 2. The largest absolute Gasteiger partial charge is 0.445 e. The number of likely N-dealkylation sites (tertiary alicyclic amines) is 1. The fraction of sp³-hybridized carbons (Fsp3) is 0.385. The molecule has 3 atom stereocenters. The minimum absolute atomic E-state index is 0.0274. The highest BCUT2D eigenvalue weighted by atomic mass is 16.6. The van der Waals surface area contributed by atoms with Crippen LogP contribution in [0, 0.1) is 5.92 Å². The Morgan fingerprint density at radius 3 is 2.23 bits per heavy atom. The summed E-state index contributed by atoms with van der Waals surface area (Å²) in [6.07, 6.45) is -0.363. The molecule has 5 rings (SSSR count). The molecule has 0 bridgehead atoms. The van der Waals surface area contributed by atoms with Gasteiger partial charge in [-0.2, -0.15) is 0 Å². The second-order valence-electron chi connectivity index (χ2n) is 13.1. The molecular weight excluding hydrogens is 592 g/mol. The van der Waals surface area contributed by atoms with Gasteiger partial charge in [-0.1, -0.05) is 91.0 Å². The Hall–Kier alpha value is -4.40. The summed E-state index contributed by atoms with van der Waals surface area (Å²) < 4.78 is 23.6. The average molecular weight is 639 g/mol. The van der Waals surface area contributed by atoms with Crippen molar-refractivity contribution in [3.8, 4) is 0 Å². The van der Waals surface area contributed by atoms with Gasteiger partial charge in [0, 0.05) is 32.0 Å². The number of fused-ring (bicyclic) bond motifs is 1. The lowest BCUT2D eigenvalue weighted by atomic mass is 9.78. The minimum Gasteiger partial charge on any atom is -0.445 e. The van der Waals surface area contributed by atoms with Crippen LogP contribution in [0.5, 0.6) is 0 Å². The molecular formula is C39H46N2O6. The number of benzene rings is 4. The van der Waals surface area contributed by atoms with Gasteiger partial charge in [0.15, 0.2) is 0 Å². The number of amides is 2. The lowest BCUT2D eigenvalue weighted by Crippen LogP contribution is -2.53. The van der Waals surface area contributed by atoms with Crippen molar-refractivity contribution >= 4 is 23.0 Å². The highest BCUT2D eigenvalue weighted by Crippen LogP contribution is 2.37. The summed E-state index contributed by atoms with van der Waals surface area (Å²) in [6, 6.07) is 32.7. The van der Waals surface area contributed by atoms with Crippen LogP contribution in [0.3, 0.4) is 0 Å². The third kappa shape index (κ3) is 9.80. The van der Waals surface area contributed by atoms with Gasteiger partial charge in [0.05, 0.1) is 25.9 Å². The van der Waals surface area contributed by atoms with Crippen molar-refractivity contribution in [2.24, 2.45) is 5.92 Å². The summed E-state index contributed by atoms with van der Waals surface area (Å²) in [5.41, 5.74) is 3.58. The summed E-state index contributed by atoms with van der Waals surface area (Å²) in [6.45, 7) is 8.02. The molecule has 3 unspecified atom stereocenters. The first-order valence-electron chi connectivity index (χ1n) is 16.3. The fourth-order valence-corrected chi connectivity index (χ4v) is 6.12. The van der Waals surface area contributed by atoms with Crippen LogP contribution >= 0.6 is 0 Å². The zero-order valence-electron chi connectivity index (χ0n) is 27.8. The second-order valence-corrected chi connectivity index (χ2v) is 13.1. The van der Waals surface area contributed by atoms with E-state index in [0.717, 1.165) is 34.1 Å². The van der Waals surface area contributed by atoms with Crippen LogP contribution in [0.2, 0.25) is 0 Å². The molecule has 4 aromatic rings. The lowest BCUT2D eigenvalue weighted by Gasteiger charge is -2.44. The smallest absolute Gasteiger partial charge is 0.410 e. The highest BCUT2D eigenvalue weighted by molar-refractivity contribution is 5.83. The average Bonchev–Trinajstić information content (AvgIpc) is 3.06. The van der Waals surface area contributed by atoms with Crippen molar-refractivity contribution in [2.75, 3.05) is 33.4 Å². The molecule has 0 radical (unpaired) electrons. The molecule has 1 fully saturated rings. The number of carbonyl (C=O) groups is 2. The number of methoxy groups -OCH3 is 1. The molecule has 8 heteroatoms. The monoisotopic (exact) mass is 638 g/mol. The van der Waals surface area contributed by atoms with Crippen LogP contribution in [0.4, 0.5) is 9.59 Å². The van der Waals surface area contributed by atoms with Gasteiger partial charge in [0.25, 0.3) is 0 Å². The molecule has 0 saturated carbocycles. The van der Waals surface area contributed by atoms with Crippen LogP contribution in [0.25, 0.3) is 10.8 Å². The standard InChI is InChI=1S/C39H46N2O6/c1-39(2,3)47-38(43)41-23-34(27-44-4)36(35(24-41)45-26-30-16-17-31-12-8-9-13-33(31)22-30)32-18-14-29(15-19-32)25-46-37(42)40-21-20-28-10-6-5-7-11-28/h5-19,22,34-36H,20-21,23-27H2,1-4H3,(H,40,42). The van der Waals surface area contributed by atoms with Crippen molar-refractivity contribution in [1.29, 1.82) is 0 Å². The van der Waals surface area contributed by atoms with Gasteiger partial charge in [-0.25, -0.2) is 9.59 Å². The maximum absolute atomic E-state index is 13.2. The van der Waals surface area contributed by atoms with E-state index < -0.39 is 11.7 Å². The fourth-order valence-electron chi connectivity index (χ4n) is 6.12. The van der Waals surface area contributed by atoms with Crippen molar-refractivity contribution in [1.82, 2.24) is 10.2 Å². The summed E-state index contributed by atoms with van der Waals surface area (Å²) in [5, 5.41) is 5.15. The predicted octanol–water partition coefficient (Wildman–Crippen LogP) is 7.49. The number of hydrogen-bond donors (Lipinski definition) is 1. The third-order valence-corrected chi connectivity index (χ3v) is 8.33. The molecule has 248 valence electrons. The van der Waals surface area contributed by atoms with E-state index >= 15 is 0 Å². The molecule has 47 heavy (non-hydrogen) atoms. The van der Waals surface area contributed by atoms with E-state index in [4.69, 9.17) is 18.9 Å². The van der Waals surface area contributed by atoms with Crippen LogP contribution in [-0.4, -0.2) is 62.1 Å². The first kappa shape index (κ1) is 33.9. The Kier molecular flexibility index (Phi) is 11.5.